The molecule has 1 heterocycles. The molecule has 16 heavy (non-hydrogen) atoms. The Balaban J connectivity index is 1.85. The van der Waals surface area contributed by atoms with Crippen molar-refractivity contribution >= 4 is 0 Å². The van der Waals surface area contributed by atoms with Crippen LogP contribution in [0.1, 0.15) is 28.7 Å². The van der Waals surface area contributed by atoms with Gasteiger partial charge in [-0.1, -0.05) is 24.3 Å². The molecular formula is C13H14N2O. The van der Waals surface area contributed by atoms with Gasteiger partial charge in [-0.2, -0.15) is 0 Å². The van der Waals surface area contributed by atoms with Crippen LogP contribution in [0.25, 0.3) is 0 Å². The maximum atomic E-state index is 5.71. The summed E-state index contributed by atoms with van der Waals surface area (Å²) in [7, 11) is 1.89. The molecule has 0 aliphatic heterocycles. The second-order valence-corrected chi connectivity index (χ2v) is 4.14. The molecule has 3 nitrogen and oxygen atoms in total. The van der Waals surface area contributed by atoms with Crippen LogP contribution in [0.4, 0.5) is 0 Å². The largest absolute Gasteiger partial charge is 0.444 e. The van der Waals surface area contributed by atoms with Crippen LogP contribution in [0.15, 0.2) is 34.9 Å². The number of oxazole rings is 1. The highest BCUT2D eigenvalue weighted by atomic mass is 16.4. The zero-order chi connectivity index (χ0) is 11.0. The zero-order valence-electron chi connectivity index (χ0n) is 9.23. The molecule has 2 aromatic rings. The van der Waals surface area contributed by atoms with Crippen LogP contribution in [-0.4, -0.2) is 12.0 Å². The molecule has 0 fully saturated rings. The van der Waals surface area contributed by atoms with E-state index in [-0.39, 0.29) is 0 Å². The topological polar surface area (TPSA) is 38.1 Å². The molecule has 1 aliphatic carbocycles. The molecule has 1 N–H and O–H groups in total. The van der Waals surface area contributed by atoms with Crippen molar-refractivity contribution in [2.24, 2.45) is 0 Å². The van der Waals surface area contributed by atoms with Crippen LogP contribution in [0.3, 0.4) is 0 Å². The first-order valence-electron chi connectivity index (χ1n) is 5.55. The number of fused-ring (bicyclic) bond motifs is 1. The summed E-state index contributed by atoms with van der Waals surface area (Å²) in [6, 6.07) is 8.51. The van der Waals surface area contributed by atoms with Crippen molar-refractivity contribution in [2.45, 2.75) is 18.9 Å². The normalized spacial score (nSPS) is 17.9. The Kier molecular flexibility index (Phi) is 2.26. The third-order valence-electron chi connectivity index (χ3n) is 3.10. The second-order valence-electron chi connectivity index (χ2n) is 4.14. The van der Waals surface area contributed by atoms with Gasteiger partial charge < -0.3 is 9.73 Å². The number of aromatic nitrogens is 1. The molecule has 0 amide bonds. The van der Waals surface area contributed by atoms with Crippen molar-refractivity contribution in [2.75, 3.05) is 7.05 Å². The monoisotopic (exact) mass is 214 g/mol. The van der Waals surface area contributed by atoms with Crippen molar-refractivity contribution < 1.29 is 4.42 Å². The number of nitrogens with one attached hydrogen (secondary N) is 1. The van der Waals surface area contributed by atoms with Crippen LogP contribution in [0.5, 0.6) is 0 Å². The minimum Gasteiger partial charge on any atom is -0.444 e. The molecule has 1 atom stereocenters. The Bertz CT molecular complexity index is 504. The lowest BCUT2D eigenvalue weighted by molar-refractivity contribution is 0.418. The summed E-state index contributed by atoms with van der Waals surface area (Å²) in [6.45, 7) is 0.689. The molecule has 0 spiro atoms. The number of rotatable bonds is 3. The first-order valence-corrected chi connectivity index (χ1v) is 5.55. The molecule has 0 bridgehead atoms. The third kappa shape index (κ3) is 1.44. The maximum Gasteiger partial charge on any atom is 0.208 e. The minimum absolute atomic E-state index is 0.411. The number of benzene rings is 1. The quantitative estimate of drug-likeness (QED) is 0.850. The van der Waals surface area contributed by atoms with Gasteiger partial charge in [-0.3, -0.25) is 0 Å². The molecule has 0 saturated carbocycles. The molecule has 3 rings (SSSR count). The smallest absolute Gasteiger partial charge is 0.208 e. The van der Waals surface area contributed by atoms with Gasteiger partial charge >= 0.3 is 0 Å². The van der Waals surface area contributed by atoms with Gasteiger partial charge in [0, 0.05) is 5.92 Å². The Labute approximate surface area is 94.5 Å². The van der Waals surface area contributed by atoms with Crippen molar-refractivity contribution in [1.29, 1.82) is 0 Å². The molecule has 0 saturated heterocycles. The van der Waals surface area contributed by atoms with Gasteiger partial charge in [0.2, 0.25) is 5.89 Å². The predicted octanol–water partition coefficient (Wildman–Crippen LogP) is 2.08. The fourth-order valence-electron chi connectivity index (χ4n) is 2.23. The van der Waals surface area contributed by atoms with Crippen LogP contribution in [-0.2, 0) is 13.0 Å². The highest BCUT2D eigenvalue weighted by Crippen LogP contribution is 2.39. The van der Waals surface area contributed by atoms with Gasteiger partial charge in [0.25, 0.3) is 0 Å². The average Bonchev–Trinajstić information content (AvgIpc) is 2.69. The lowest BCUT2D eigenvalue weighted by Crippen LogP contribution is -2.17. The van der Waals surface area contributed by atoms with E-state index in [0.717, 1.165) is 18.1 Å². The summed E-state index contributed by atoms with van der Waals surface area (Å²) in [5, 5.41) is 3.04. The molecule has 1 unspecified atom stereocenters. The van der Waals surface area contributed by atoms with E-state index in [0.29, 0.717) is 12.5 Å². The Morgan fingerprint density at radius 1 is 1.44 bits per heavy atom. The fourth-order valence-corrected chi connectivity index (χ4v) is 2.23. The molecule has 0 radical (unpaired) electrons. The van der Waals surface area contributed by atoms with Gasteiger partial charge in [-0.15, -0.1) is 0 Å². The van der Waals surface area contributed by atoms with Gasteiger partial charge in [-0.05, 0) is 24.6 Å². The number of nitrogens with zero attached hydrogens (tertiary/aromatic N) is 1. The molecule has 3 heteroatoms. The molecule has 82 valence electrons. The van der Waals surface area contributed by atoms with E-state index < -0.39 is 0 Å². The highest BCUT2D eigenvalue weighted by Gasteiger charge is 2.29. The first kappa shape index (κ1) is 9.60. The zero-order valence-corrected chi connectivity index (χ0v) is 9.23. The van der Waals surface area contributed by atoms with Gasteiger partial charge in [-0.25, -0.2) is 4.98 Å². The van der Waals surface area contributed by atoms with Crippen molar-refractivity contribution in [3.8, 4) is 0 Å². The van der Waals surface area contributed by atoms with Gasteiger partial charge in [0.05, 0.1) is 12.7 Å². The maximum absolute atomic E-state index is 5.71. The summed E-state index contributed by atoms with van der Waals surface area (Å²) in [4.78, 5) is 4.25. The molecular weight excluding hydrogens is 200 g/mol. The second kappa shape index (κ2) is 3.76. The summed E-state index contributed by atoms with van der Waals surface area (Å²) in [5.74, 6) is 2.17. The van der Waals surface area contributed by atoms with E-state index in [1.54, 1.807) is 0 Å². The van der Waals surface area contributed by atoms with Crippen molar-refractivity contribution in [3.63, 3.8) is 0 Å². The average molecular weight is 214 g/mol. The van der Waals surface area contributed by atoms with E-state index in [4.69, 9.17) is 4.42 Å². The minimum atomic E-state index is 0.411. The van der Waals surface area contributed by atoms with Crippen LogP contribution < -0.4 is 5.32 Å². The molecule has 1 aliphatic rings. The highest BCUT2D eigenvalue weighted by molar-refractivity contribution is 5.44. The van der Waals surface area contributed by atoms with E-state index in [1.165, 1.54) is 11.1 Å². The Morgan fingerprint density at radius 3 is 3.12 bits per heavy atom. The molecule has 1 aromatic carbocycles. The van der Waals surface area contributed by atoms with Crippen LogP contribution in [0.2, 0.25) is 0 Å². The SMILES string of the molecule is CNCc1ncc(C2Cc3ccccc32)o1. The lowest BCUT2D eigenvalue weighted by atomic mass is 9.76. The molecule has 1 aromatic heterocycles. The summed E-state index contributed by atoms with van der Waals surface area (Å²) >= 11 is 0. The predicted molar refractivity (Wildman–Crippen MR) is 61.3 cm³/mol. The van der Waals surface area contributed by atoms with E-state index in [1.807, 2.05) is 13.2 Å². The number of hydrogen-bond donors (Lipinski definition) is 1. The van der Waals surface area contributed by atoms with E-state index >= 15 is 0 Å². The van der Waals surface area contributed by atoms with Gasteiger partial charge in [0.15, 0.2) is 0 Å². The summed E-state index contributed by atoms with van der Waals surface area (Å²) in [5.41, 5.74) is 2.81. The summed E-state index contributed by atoms with van der Waals surface area (Å²) < 4.78 is 5.71. The van der Waals surface area contributed by atoms with Crippen molar-refractivity contribution in [1.82, 2.24) is 10.3 Å². The van der Waals surface area contributed by atoms with E-state index in [9.17, 15) is 0 Å². The summed E-state index contributed by atoms with van der Waals surface area (Å²) in [6.07, 6.45) is 2.93. The first-order chi connectivity index (χ1) is 7.88. The van der Waals surface area contributed by atoms with E-state index in [2.05, 4.69) is 34.6 Å². The Morgan fingerprint density at radius 2 is 2.31 bits per heavy atom. The standard InChI is InChI=1S/C13H14N2O/c1-14-8-13-15-7-12(16-13)11-6-9-4-2-3-5-10(9)11/h2-5,7,11,14H,6,8H2,1H3. The van der Waals surface area contributed by atoms with Crippen LogP contribution in [0, 0.1) is 0 Å². The van der Waals surface area contributed by atoms with Crippen LogP contribution >= 0.6 is 0 Å². The van der Waals surface area contributed by atoms with Gasteiger partial charge in [0.1, 0.15) is 5.76 Å². The number of hydrogen-bond acceptors (Lipinski definition) is 3. The Hall–Kier alpha value is -1.61. The fraction of sp³-hybridized carbons (Fsp3) is 0.308. The third-order valence-corrected chi connectivity index (χ3v) is 3.10. The van der Waals surface area contributed by atoms with Crippen molar-refractivity contribution in [3.05, 3.63) is 53.2 Å². The lowest BCUT2D eigenvalue weighted by Gasteiger charge is -2.27.